The molecule has 48 valence electrons. The van der Waals surface area contributed by atoms with Crippen LogP contribution in [0.1, 0.15) is 13.3 Å². The van der Waals surface area contributed by atoms with E-state index in [2.05, 4.69) is 13.5 Å². The molecule has 0 unspecified atom stereocenters. The van der Waals surface area contributed by atoms with Gasteiger partial charge in [0.15, 0.2) is 0 Å². The first-order valence-corrected chi connectivity index (χ1v) is 4.62. The Kier molecular flexibility index (Phi) is 71.0. The van der Waals surface area contributed by atoms with Gasteiger partial charge in [0.2, 0.25) is 0 Å². The van der Waals surface area contributed by atoms with Crippen molar-refractivity contribution in [2.24, 2.45) is 5.73 Å². The van der Waals surface area contributed by atoms with E-state index in [-0.39, 0.29) is 12.4 Å². The van der Waals surface area contributed by atoms with Crippen molar-refractivity contribution in [1.29, 1.82) is 0 Å². The topological polar surface area (TPSA) is 26.0 Å². The summed E-state index contributed by atoms with van der Waals surface area (Å²) in [6, 6.07) is 0. The average Bonchev–Trinajstić information content (AvgIpc) is 1.72. The van der Waals surface area contributed by atoms with Crippen molar-refractivity contribution < 1.29 is 0 Å². The van der Waals surface area contributed by atoms with Crippen molar-refractivity contribution in [3.63, 3.8) is 0 Å². The van der Waals surface area contributed by atoms with Gasteiger partial charge in [-0.1, -0.05) is 13.5 Å². The molecule has 0 saturated carbocycles. The molecule has 0 aliphatic rings. The Bertz CT molecular complexity index is 13.7. The Labute approximate surface area is 55.5 Å². The first kappa shape index (κ1) is 15.7. The van der Waals surface area contributed by atoms with Gasteiger partial charge in [-0.3, -0.25) is 0 Å². The zero-order valence-corrected chi connectivity index (χ0v) is 8.22. The predicted molar refractivity (Wildman–Crippen MR) is 42.4 cm³/mol. The summed E-state index contributed by atoms with van der Waals surface area (Å²) in [7, 11) is 1.31. The molecule has 0 amide bonds. The molecule has 2 N–H and O–H groups in total. The van der Waals surface area contributed by atoms with Crippen molar-refractivity contribution in [3.8, 4) is 0 Å². The Hall–Kier alpha value is 0.467. The molecule has 3 heteroatoms. The van der Waals surface area contributed by atoms with Gasteiger partial charge in [-0.2, -0.15) is 0 Å². The quantitative estimate of drug-likeness (QED) is 0.518. The lowest BCUT2D eigenvalue weighted by Gasteiger charge is -1.70. The summed E-state index contributed by atoms with van der Waals surface area (Å²) in [4.78, 5) is 0. The van der Waals surface area contributed by atoms with Crippen molar-refractivity contribution in [1.82, 2.24) is 0 Å². The van der Waals surface area contributed by atoms with Gasteiger partial charge in [-0.15, -0.1) is 12.4 Å². The smallest absolute Gasteiger partial charge is 0.000585 e. The third kappa shape index (κ3) is 60.0. The van der Waals surface area contributed by atoms with Crippen LogP contribution in [-0.2, 0) is 0 Å². The molecule has 0 heterocycles. The van der Waals surface area contributed by atoms with E-state index in [4.69, 9.17) is 5.73 Å². The molecule has 0 spiro atoms. The van der Waals surface area contributed by atoms with E-state index < -0.39 is 0 Å². The summed E-state index contributed by atoms with van der Waals surface area (Å²) in [6.45, 7) is 5.01. The standard InChI is InChI=1S/C3H9N.CH6Si.ClH/c1-2-3-4;1-2;/h2-4H2,1H3;1-2H3;1H. The molecule has 0 aliphatic heterocycles. The fraction of sp³-hybridized carbons (Fsp3) is 1.00. The van der Waals surface area contributed by atoms with Crippen molar-refractivity contribution in [2.45, 2.75) is 19.9 Å². The highest BCUT2D eigenvalue weighted by Gasteiger charge is 1.55. The van der Waals surface area contributed by atoms with E-state index in [0.29, 0.717) is 0 Å². The Balaban J connectivity index is -0.0000000480. The highest BCUT2D eigenvalue weighted by molar-refractivity contribution is 6.05. The van der Waals surface area contributed by atoms with E-state index >= 15 is 0 Å². The summed E-state index contributed by atoms with van der Waals surface area (Å²) in [5.74, 6) is 0. The SMILES string of the molecule is CCCN.C[SiH3].Cl. The number of hydrogen-bond acceptors (Lipinski definition) is 1. The van der Waals surface area contributed by atoms with Crippen LogP contribution in [0.4, 0.5) is 0 Å². The molecule has 0 bridgehead atoms. The van der Waals surface area contributed by atoms with E-state index in [9.17, 15) is 0 Å². The van der Waals surface area contributed by atoms with Gasteiger partial charge in [0.1, 0.15) is 0 Å². The third-order valence-electron chi connectivity index (χ3n) is 0.289. The molecule has 0 aliphatic carbocycles. The minimum absolute atomic E-state index is 0. The molecule has 0 atom stereocenters. The maximum absolute atomic E-state index is 5.03. The minimum atomic E-state index is 0. The second-order valence-electron chi connectivity index (χ2n) is 0.789. The molecule has 0 fully saturated rings. The van der Waals surface area contributed by atoms with Crippen molar-refractivity contribution >= 4 is 22.6 Å². The predicted octanol–water partition coefficient (Wildman–Crippen LogP) is 0.177. The molecule has 0 aromatic heterocycles. The second kappa shape index (κ2) is 31.8. The number of nitrogens with two attached hydrogens (primary N) is 1. The molecular formula is C4H16ClNSi. The molecule has 0 aromatic rings. The monoisotopic (exact) mass is 141 g/mol. The van der Waals surface area contributed by atoms with Crippen LogP contribution in [0.15, 0.2) is 0 Å². The van der Waals surface area contributed by atoms with Crippen LogP contribution >= 0.6 is 12.4 Å². The van der Waals surface area contributed by atoms with Crippen LogP contribution in [-0.4, -0.2) is 16.8 Å². The lowest BCUT2D eigenvalue weighted by molar-refractivity contribution is 0.932. The van der Waals surface area contributed by atoms with Gasteiger partial charge in [-0.25, -0.2) is 0 Å². The number of halogens is 1. The summed E-state index contributed by atoms with van der Waals surface area (Å²) in [5, 5.41) is 0. The summed E-state index contributed by atoms with van der Waals surface area (Å²) in [6.07, 6.45) is 1.10. The number of rotatable bonds is 1. The van der Waals surface area contributed by atoms with Crippen LogP contribution in [0.2, 0.25) is 6.55 Å². The molecule has 0 saturated heterocycles. The van der Waals surface area contributed by atoms with Crippen molar-refractivity contribution in [3.05, 3.63) is 0 Å². The van der Waals surface area contributed by atoms with Crippen LogP contribution in [0, 0.1) is 0 Å². The van der Waals surface area contributed by atoms with Crippen LogP contribution in [0.3, 0.4) is 0 Å². The van der Waals surface area contributed by atoms with Gasteiger partial charge < -0.3 is 5.73 Å². The largest absolute Gasteiger partial charge is 0.330 e. The maximum Gasteiger partial charge on any atom is -0.000585 e. The van der Waals surface area contributed by atoms with Crippen LogP contribution < -0.4 is 5.73 Å². The number of hydrogen-bond donors (Lipinski definition) is 1. The van der Waals surface area contributed by atoms with Crippen molar-refractivity contribution in [2.75, 3.05) is 6.54 Å². The fourth-order valence-electron chi connectivity index (χ4n) is 0. The zero-order chi connectivity index (χ0) is 5.41. The highest BCUT2D eigenvalue weighted by atomic mass is 35.5. The summed E-state index contributed by atoms with van der Waals surface area (Å²) >= 11 is 0. The molecule has 0 aromatic carbocycles. The molecular weight excluding hydrogens is 126 g/mol. The normalized spacial score (nSPS) is 5.57. The molecule has 7 heavy (non-hydrogen) atoms. The Morgan fingerprint density at radius 3 is 1.57 bits per heavy atom. The Morgan fingerprint density at radius 1 is 1.43 bits per heavy atom. The lowest BCUT2D eigenvalue weighted by Crippen LogP contribution is -1.93. The minimum Gasteiger partial charge on any atom is -0.330 e. The van der Waals surface area contributed by atoms with E-state index in [0.717, 1.165) is 13.0 Å². The lowest BCUT2D eigenvalue weighted by atomic mass is 10.5. The zero-order valence-electron chi connectivity index (χ0n) is 5.40. The van der Waals surface area contributed by atoms with Crippen LogP contribution in [0.25, 0.3) is 0 Å². The highest BCUT2D eigenvalue weighted by Crippen LogP contribution is 1.57. The van der Waals surface area contributed by atoms with Gasteiger partial charge >= 0.3 is 0 Å². The molecule has 0 rings (SSSR count). The maximum atomic E-state index is 5.03. The van der Waals surface area contributed by atoms with E-state index in [1.54, 1.807) is 0 Å². The Morgan fingerprint density at radius 2 is 1.57 bits per heavy atom. The molecule has 0 radical (unpaired) electrons. The van der Waals surface area contributed by atoms with Crippen LogP contribution in [0.5, 0.6) is 0 Å². The first-order valence-electron chi connectivity index (χ1n) is 2.62. The van der Waals surface area contributed by atoms with Gasteiger partial charge in [0.05, 0.1) is 0 Å². The average molecular weight is 142 g/mol. The molecule has 1 nitrogen and oxygen atoms in total. The van der Waals surface area contributed by atoms with E-state index in [1.807, 2.05) is 0 Å². The van der Waals surface area contributed by atoms with Gasteiger partial charge in [-0.05, 0) is 23.2 Å². The second-order valence-corrected chi connectivity index (χ2v) is 0.789. The van der Waals surface area contributed by atoms with E-state index in [1.165, 1.54) is 10.2 Å². The fourth-order valence-corrected chi connectivity index (χ4v) is 0. The van der Waals surface area contributed by atoms with Gasteiger partial charge in [0.25, 0.3) is 0 Å². The first-order chi connectivity index (χ1) is 2.91. The third-order valence-corrected chi connectivity index (χ3v) is 0.289. The summed E-state index contributed by atoms with van der Waals surface area (Å²) < 4.78 is 0. The summed E-state index contributed by atoms with van der Waals surface area (Å²) in [5.41, 5.74) is 5.03. The van der Waals surface area contributed by atoms with Gasteiger partial charge in [0, 0.05) is 0 Å².